The Morgan fingerprint density at radius 2 is 2.33 bits per heavy atom. The zero-order valence-corrected chi connectivity index (χ0v) is 11.8. The highest BCUT2D eigenvalue weighted by Crippen LogP contribution is 2.15. The van der Waals surface area contributed by atoms with Gasteiger partial charge in [0.2, 0.25) is 5.91 Å². The number of carbonyl (C=O) groups is 1. The maximum atomic E-state index is 12.0. The summed E-state index contributed by atoms with van der Waals surface area (Å²) in [4.78, 5) is 16.2. The van der Waals surface area contributed by atoms with Gasteiger partial charge in [-0.2, -0.15) is 0 Å². The van der Waals surface area contributed by atoms with Crippen molar-refractivity contribution in [1.29, 1.82) is 0 Å². The third kappa shape index (κ3) is 5.29. The zero-order valence-electron chi connectivity index (χ0n) is 11.0. The average Bonchev–Trinajstić information content (AvgIpc) is 2.36. The minimum atomic E-state index is 0.0878. The van der Waals surface area contributed by atoms with E-state index in [2.05, 4.69) is 4.90 Å². The molecule has 1 aliphatic rings. The fourth-order valence-electron chi connectivity index (χ4n) is 2.16. The summed E-state index contributed by atoms with van der Waals surface area (Å²) in [5.41, 5.74) is 5.42. The lowest BCUT2D eigenvalue weighted by atomic mass is 9.99. The van der Waals surface area contributed by atoms with Gasteiger partial charge in [-0.05, 0) is 25.3 Å². The van der Waals surface area contributed by atoms with Gasteiger partial charge in [0.15, 0.2) is 0 Å². The summed E-state index contributed by atoms with van der Waals surface area (Å²) in [6.45, 7) is 2.95. The topological polar surface area (TPSA) is 69.8 Å². The number of thiocarbonyl (C=S) groups is 1. The quantitative estimate of drug-likeness (QED) is 0.657. The second kappa shape index (κ2) is 7.66. The highest BCUT2D eigenvalue weighted by Gasteiger charge is 2.22. The number of hydrogen-bond donors (Lipinski definition) is 2. The van der Waals surface area contributed by atoms with E-state index >= 15 is 0 Å². The predicted molar refractivity (Wildman–Crippen MR) is 75.3 cm³/mol. The first-order valence-corrected chi connectivity index (χ1v) is 6.79. The summed E-state index contributed by atoms with van der Waals surface area (Å²) in [6, 6.07) is 0. The highest BCUT2D eigenvalue weighted by atomic mass is 32.1. The second-order valence-corrected chi connectivity index (χ2v) is 5.48. The zero-order chi connectivity index (χ0) is 13.5. The van der Waals surface area contributed by atoms with Crippen LogP contribution in [-0.2, 0) is 4.79 Å². The van der Waals surface area contributed by atoms with E-state index in [9.17, 15) is 4.79 Å². The Labute approximate surface area is 114 Å². The van der Waals surface area contributed by atoms with Crippen LogP contribution in [0.4, 0.5) is 0 Å². The number of carbonyl (C=O) groups excluding carboxylic acids is 1. The summed E-state index contributed by atoms with van der Waals surface area (Å²) >= 11 is 4.79. The molecule has 1 heterocycles. The summed E-state index contributed by atoms with van der Waals surface area (Å²) < 4.78 is 0. The van der Waals surface area contributed by atoms with E-state index in [1.165, 1.54) is 0 Å². The highest BCUT2D eigenvalue weighted by molar-refractivity contribution is 7.80. The lowest BCUT2D eigenvalue weighted by Gasteiger charge is -2.32. The number of hydrogen-bond acceptors (Lipinski definition) is 4. The van der Waals surface area contributed by atoms with Crippen molar-refractivity contribution in [2.24, 2.45) is 11.7 Å². The minimum Gasteiger partial charge on any atom is -0.396 e. The molecule has 1 atom stereocenters. The summed E-state index contributed by atoms with van der Waals surface area (Å²) in [7, 11) is 1.77. The lowest BCUT2D eigenvalue weighted by molar-refractivity contribution is -0.131. The summed E-state index contributed by atoms with van der Waals surface area (Å²) in [5, 5.41) is 9.15. The number of aliphatic hydroxyl groups is 1. The van der Waals surface area contributed by atoms with Crippen molar-refractivity contribution in [3.05, 3.63) is 0 Å². The number of piperidine rings is 1. The van der Waals surface area contributed by atoms with Gasteiger partial charge in [-0.3, -0.25) is 9.69 Å². The summed E-state index contributed by atoms with van der Waals surface area (Å²) in [6.07, 6.45) is 2.67. The molecule has 0 aliphatic carbocycles. The van der Waals surface area contributed by atoms with Crippen LogP contribution in [0.1, 0.15) is 19.3 Å². The molecule has 1 aliphatic heterocycles. The van der Waals surface area contributed by atoms with Gasteiger partial charge in [-0.15, -0.1) is 0 Å². The SMILES string of the molecule is CN(CCC(N)=S)C(=O)CN1CCCC(CO)C1. The number of rotatable bonds is 6. The fourth-order valence-corrected chi connectivity index (χ4v) is 2.25. The van der Waals surface area contributed by atoms with Gasteiger partial charge < -0.3 is 15.7 Å². The molecule has 3 N–H and O–H groups in total. The standard InChI is InChI=1S/C12H23N3O2S/c1-14(6-4-11(13)18)12(17)8-15-5-2-3-10(7-15)9-16/h10,16H,2-9H2,1H3,(H2,13,18). The molecule has 6 heteroatoms. The molecule has 1 amide bonds. The van der Waals surface area contributed by atoms with E-state index in [0.717, 1.165) is 25.9 Å². The smallest absolute Gasteiger partial charge is 0.236 e. The average molecular weight is 273 g/mol. The molecule has 1 rings (SSSR count). The van der Waals surface area contributed by atoms with Crippen molar-refractivity contribution in [2.75, 3.05) is 39.8 Å². The number of aliphatic hydroxyl groups excluding tert-OH is 1. The van der Waals surface area contributed by atoms with Crippen LogP contribution < -0.4 is 5.73 Å². The molecule has 18 heavy (non-hydrogen) atoms. The molecular weight excluding hydrogens is 250 g/mol. The fraction of sp³-hybridized carbons (Fsp3) is 0.833. The molecule has 1 saturated heterocycles. The third-order valence-corrected chi connectivity index (χ3v) is 3.54. The third-order valence-electron chi connectivity index (χ3n) is 3.34. The van der Waals surface area contributed by atoms with Gasteiger partial charge >= 0.3 is 0 Å². The van der Waals surface area contributed by atoms with Gasteiger partial charge in [-0.1, -0.05) is 12.2 Å². The Balaban J connectivity index is 2.32. The van der Waals surface area contributed by atoms with Gasteiger partial charge in [0.1, 0.15) is 0 Å². The van der Waals surface area contributed by atoms with E-state index in [1.807, 2.05) is 0 Å². The molecule has 0 aromatic heterocycles. The molecule has 0 bridgehead atoms. The van der Waals surface area contributed by atoms with Crippen molar-refractivity contribution in [2.45, 2.75) is 19.3 Å². The van der Waals surface area contributed by atoms with Crippen LogP contribution in [0, 0.1) is 5.92 Å². The van der Waals surface area contributed by atoms with Crippen LogP contribution in [0.2, 0.25) is 0 Å². The van der Waals surface area contributed by atoms with Crippen LogP contribution in [0.5, 0.6) is 0 Å². The van der Waals surface area contributed by atoms with Gasteiger partial charge in [0.25, 0.3) is 0 Å². The van der Waals surface area contributed by atoms with Crippen LogP contribution >= 0.6 is 12.2 Å². The first kappa shape index (κ1) is 15.3. The molecule has 0 radical (unpaired) electrons. The van der Waals surface area contributed by atoms with E-state index in [1.54, 1.807) is 11.9 Å². The van der Waals surface area contributed by atoms with E-state index < -0.39 is 0 Å². The number of nitrogens with two attached hydrogens (primary N) is 1. The Kier molecular flexibility index (Phi) is 6.52. The number of likely N-dealkylation sites (N-methyl/N-ethyl adjacent to an activating group) is 1. The number of amides is 1. The van der Waals surface area contributed by atoms with Gasteiger partial charge in [0.05, 0.1) is 11.5 Å². The molecular formula is C12H23N3O2S. The molecule has 0 aromatic rings. The van der Waals surface area contributed by atoms with Crippen LogP contribution in [0.15, 0.2) is 0 Å². The maximum Gasteiger partial charge on any atom is 0.236 e. The first-order valence-electron chi connectivity index (χ1n) is 6.38. The molecule has 104 valence electrons. The molecule has 0 saturated carbocycles. The molecule has 1 unspecified atom stereocenters. The number of nitrogens with zero attached hydrogens (tertiary/aromatic N) is 2. The van der Waals surface area contributed by atoms with Crippen LogP contribution in [-0.4, -0.2) is 65.6 Å². The van der Waals surface area contributed by atoms with E-state index in [0.29, 0.717) is 30.4 Å². The molecule has 0 aromatic carbocycles. The van der Waals surface area contributed by atoms with Gasteiger partial charge in [-0.25, -0.2) is 0 Å². The van der Waals surface area contributed by atoms with Crippen LogP contribution in [0.25, 0.3) is 0 Å². The van der Waals surface area contributed by atoms with Gasteiger partial charge in [0, 0.05) is 33.2 Å². The molecule has 1 fully saturated rings. The van der Waals surface area contributed by atoms with Crippen LogP contribution in [0.3, 0.4) is 0 Å². The Morgan fingerprint density at radius 1 is 1.61 bits per heavy atom. The lowest BCUT2D eigenvalue weighted by Crippen LogP contribution is -2.44. The monoisotopic (exact) mass is 273 g/mol. The molecule has 0 spiro atoms. The van der Waals surface area contributed by atoms with Crippen molar-refractivity contribution in [3.8, 4) is 0 Å². The minimum absolute atomic E-state index is 0.0878. The summed E-state index contributed by atoms with van der Waals surface area (Å²) in [5.74, 6) is 0.401. The number of likely N-dealkylation sites (tertiary alicyclic amines) is 1. The molecule has 5 nitrogen and oxygen atoms in total. The van der Waals surface area contributed by atoms with Crippen molar-refractivity contribution in [3.63, 3.8) is 0 Å². The Bertz CT molecular complexity index is 299. The Morgan fingerprint density at radius 3 is 2.94 bits per heavy atom. The largest absolute Gasteiger partial charge is 0.396 e. The first-order chi connectivity index (χ1) is 8.52. The maximum absolute atomic E-state index is 12.0. The van der Waals surface area contributed by atoms with Crippen molar-refractivity contribution < 1.29 is 9.90 Å². The second-order valence-electron chi connectivity index (χ2n) is 4.96. The van der Waals surface area contributed by atoms with E-state index in [-0.39, 0.29) is 12.5 Å². The predicted octanol–water partition coefficient (Wildman–Crippen LogP) is -0.175. The van der Waals surface area contributed by atoms with Crippen molar-refractivity contribution >= 4 is 23.1 Å². The normalized spacial score (nSPS) is 20.7. The Hall–Kier alpha value is -0.720. The van der Waals surface area contributed by atoms with Crippen molar-refractivity contribution in [1.82, 2.24) is 9.80 Å². The van der Waals surface area contributed by atoms with E-state index in [4.69, 9.17) is 23.1 Å².